The van der Waals surface area contributed by atoms with Gasteiger partial charge in [0.1, 0.15) is 5.82 Å². The van der Waals surface area contributed by atoms with E-state index < -0.39 is 0 Å². The van der Waals surface area contributed by atoms with Gasteiger partial charge in [-0.15, -0.1) is 0 Å². The second kappa shape index (κ2) is 7.13. The first-order valence-corrected chi connectivity index (χ1v) is 10.6. The molecule has 0 spiro atoms. The van der Waals surface area contributed by atoms with E-state index >= 15 is 0 Å². The van der Waals surface area contributed by atoms with E-state index in [1.165, 1.54) is 0 Å². The SMILES string of the molecule is CC1(c2noc(C3CC3)n2)CCN(C(=O)CCc2nc3ccc(Cl)cc3[nH]2)CC1. The zero-order valence-electron chi connectivity index (χ0n) is 16.4. The number of aryl methyl sites for hydroxylation is 1. The van der Waals surface area contributed by atoms with Crippen LogP contribution in [0.3, 0.4) is 0 Å². The van der Waals surface area contributed by atoms with Gasteiger partial charge in [0.25, 0.3) is 0 Å². The van der Waals surface area contributed by atoms with Gasteiger partial charge in [-0.25, -0.2) is 4.98 Å². The average molecular weight is 414 g/mol. The highest BCUT2D eigenvalue weighted by molar-refractivity contribution is 6.31. The van der Waals surface area contributed by atoms with Crippen molar-refractivity contribution in [1.29, 1.82) is 0 Å². The van der Waals surface area contributed by atoms with Crippen LogP contribution in [-0.4, -0.2) is 44.0 Å². The molecule has 152 valence electrons. The van der Waals surface area contributed by atoms with Crippen molar-refractivity contribution in [3.05, 3.63) is 40.8 Å². The Hall–Kier alpha value is -2.41. The highest BCUT2D eigenvalue weighted by Crippen LogP contribution is 2.41. The number of aromatic nitrogens is 4. The van der Waals surface area contributed by atoms with E-state index in [4.69, 9.17) is 16.1 Å². The second-order valence-electron chi connectivity index (χ2n) is 8.52. The molecule has 2 fully saturated rings. The molecule has 0 unspecified atom stereocenters. The monoisotopic (exact) mass is 413 g/mol. The molecule has 7 nitrogen and oxygen atoms in total. The van der Waals surface area contributed by atoms with Crippen LogP contribution in [0.4, 0.5) is 0 Å². The van der Waals surface area contributed by atoms with Gasteiger partial charge in [0.2, 0.25) is 11.8 Å². The van der Waals surface area contributed by atoms with E-state index in [2.05, 4.69) is 27.0 Å². The molecule has 0 atom stereocenters. The summed E-state index contributed by atoms with van der Waals surface area (Å²) in [5.74, 6) is 3.03. The predicted molar refractivity (Wildman–Crippen MR) is 109 cm³/mol. The van der Waals surface area contributed by atoms with Gasteiger partial charge in [0, 0.05) is 42.3 Å². The van der Waals surface area contributed by atoms with Gasteiger partial charge in [-0.2, -0.15) is 4.98 Å². The fraction of sp³-hybridized carbons (Fsp3) is 0.524. The lowest BCUT2D eigenvalue weighted by Gasteiger charge is -2.37. The van der Waals surface area contributed by atoms with Crippen molar-refractivity contribution >= 4 is 28.5 Å². The Balaban J connectivity index is 1.17. The Morgan fingerprint density at radius 3 is 2.86 bits per heavy atom. The van der Waals surface area contributed by atoms with Gasteiger partial charge in [-0.3, -0.25) is 4.79 Å². The molecule has 3 heterocycles. The lowest BCUT2D eigenvalue weighted by atomic mass is 9.79. The molecular weight excluding hydrogens is 390 g/mol. The number of carbonyl (C=O) groups excluding carboxylic acids is 1. The number of nitrogens with zero attached hydrogens (tertiary/aromatic N) is 4. The Bertz CT molecular complexity index is 1050. The smallest absolute Gasteiger partial charge is 0.229 e. The fourth-order valence-corrected chi connectivity index (χ4v) is 4.16. The second-order valence-corrected chi connectivity index (χ2v) is 8.95. The van der Waals surface area contributed by atoms with Gasteiger partial charge >= 0.3 is 0 Å². The number of halogens is 1. The first-order chi connectivity index (χ1) is 14.0. The third kappa shape index (κ3) is 3.75. The third-order valence-electron chi connectivity index (χ3n) is 6.20. The normalized spacial score (nSPS) is 19.0. The molecule has 1 saturated heterocycles. The van der Waals surface area contributed by atoms with Crippen LogP contribution < -0.4 is 0 Å². The van der Waals surface area contributed by atoms with E-state index in [0.29, 0.717) is 23.8 Å². The van der Waals surface area contributed by atoms with Crippen molar-refractivity contribution in [3.8, 4) is 0 Å². The topological polar surface area (TPSA) is 87.9 Å². The van der Waals surface area contributed by atoms with Gasteiger partial charge in [-0.05, 0) is 43.9 Å². The number of fused-ring (bicyclic) bond motifs is 1. The fourth-order valence-electron chi connectivity index (χ4n) is 3.99. The number of benzene rings is 1. The number of nitrogens with one attached hydrogen (secondary N) is 1. The summed E-state index contributed by atoms with van der Waals surface area (Å²) in [6.45, 7) is 3.62. The first-order valence-electron chi connectivity index (χ1n) is 10.3. The van der Waals surface area contributed by atoms with Gasteiger partial charge in [0.15, 0.2) is 5.82 Å². The van der Waals surface area contributed by atoms with Crippen LogP contribution in [0.5, 0.6) is 0 Å². The molecule has 1 N–H and O–H groups in total. The molecule has 3 aromatic rings. The number of amides is 1. The summed E-state index contributed by atoms with van der Waals surface area (Å²) in [6, 6.07) is 5.56. The maximum atomic E-state index is 12.7. The minimum Gasteiger partial charge on any atom is -0.343 e. The number of hydrogen-bond acceptors (Lipinski definition) is 5. The average Bonchev–Trinajstić information content (AvgIpc) is 3.29. The van der Waals surface area contributed by atoms with Gasteiger partial charge in [0.05, 0.1) is 11.0 Å². The van der Waals surface area contributed by atoms with Crippen molar-refractivity contribution in [1.82, 2.24) is 25.0 Å². The molecule has 1 aliphatic carbocycles. The molecule has 1 aromatic carbocycles. The summed E-state index contributed by atoms with van der Waals surface area (Å²) in [4.78, 5) is 27.1. The number of carbonyl (C=O) groups is 1. The molecule has 0 radical (unpaired) electrons. The standard InChI is InChI=1S/C21H24ClN5O2/c1-21(20-25-19(29-26-20)13-2-3-13)8-10-27(11-9-21)18(28)7-6-17-23-15-5-4-14(22)12-16(15)24-17/h4-5,12-13H,2-3,6-11H2,1H3,(H,23,24). The van der Waals surface area contributed by atoms with Crippen molar-refractivity contribution in [2.45, 2.75) is 56.8 Å². The zero-order valence-corrected chi connectivity index (χ0v) is 17.2. The lowest BCUT2D eigenvalue weighted by Crippen LogP contribution is -2.44. The van der Waals surface area contributed by atoms with Crippen molar-refractivity contribution < 1.29 is 9.32 Å². The maximum Gasteiger partial charge on any atom is 0.229 e. The predicted octanol–water partition coefficient (Wildman–Crippen LogP) is 3.99. The summed E-state index contributed by atoms with van der Waals surface area (Å²) in [7, 11) is 0. The molecule has 1 aliphatic heterocycles. The molecule has 1 saturated carbocycles. The van der Waals surface area contributed by atoms with E-state index in [-0.39, 0.29) is 11.3 Å². The molecule has 2 aromatic heterocycles. The van der Waals surface area contributed by atoms with Crippen molar-refractivity contribution in [3.63, 3.8) is 0 Å². The van der Waals surface area contributed by atoms with Gasteiger partial charge < -0.3 is 14.4 Å². The summed E-state index contributed by atoms with van der Waals surface area (Å²) >= 11 is 6.02. The van der Waals surface area contributed by atoms with Crippen molar-refractivity contribution in [2.24, 2.45) is 0 Å². The minimum atomic E-state index is -0.120. The Morgan fingerprint density at radius 1 is 1.31 bits per heavy atom. The molecule has 2 aliphatic rings. The van der Waals surface area contributed by atoms with Gasteiger partial charge in [-0.1, -0.05) is 23.7 Å². The maximum absolute atomic E-state index is 12.7. The van der Waals surface area contributed by atoms with Crippen LogP contribution in [0.1, 0.15) is 62.5 Å². The molecule has 8 heteroatoms. The largest absolute Gasteiger partial charge is 0.343 e. The number of hydrogen-bond donors (Lipinski definition) is 1. The van der Waals surface area contributed by atoms with E-state index in [1.54, 1.807) is 0 Å². The Kier molecular flexibility index (Phi) is 4.57. The highest BCUT2D eigenvalue weighted by atomic mass is 35.5. The van der Waals surface area contributed by atoms with Crippen LogP contribution in [-0.2, 0) is 16.6 Å². The van der Waals surface area contributed by atoms with Crippen LogP contribution in [0.25, 0.3) is 11.0 Å². The summed E-state index contributed by atoms with van der Waals surface area (Å²) in [5, 5.41) is 4.91. The number of piperidine rings is 1. The van der Waals surface area contributed by atoms with Crippen LogP contribution in [0, 0.1) is 0 Å². The van der Waals surface area contributed by atoms with Crippen molar-refractivity contribution in [2.75, 3.05) is 13.1 Å². The number of likely N-dealkylation sites (tertiary alicyclic amines) is 1. The zero-order chi connectivity index (χ0) is 20.0. The molecule has 0 bridgehead atoms. The highest BCUT2D eigenvalue weighted by Gasteiger charge is 2.39. The summed E-state index contributed by atoms with van der Waals surface area (Å²) < 4.78 is 5.44. The quantitative estimate of drug-likeness (QED) is 0.683. The van der Waals surface area contributed by atoms with E-state index in [1.807, 2.05) is 23.1 Å². The van der Waals surface area contributed by atoms with Crippen LogP contribution in [0.2, 0.25) is 5.02 Å². The third-order valence-corrected chi connectivity index (χ3v) is 6.43. The Morgan fingerprint density at radius 2 is 2.10 bits per heavy atom. The Labute approximate surface area is 173 Å². The number of imidazole rings is 1. The molecule has 29 heavy (non-hydrogen) atoms. The number of H-pyrrole nitrogens is 1. The molecule has 5 rings (SSSR count). The summed E-state index contributed by atoms with van der Waals surface area (Å²) in [6.07, 6.45) is 5.04. The van der Waals surface area contributed by atoms with Crippen LogP contribution in [0.15, 0.2) is 22.7 Å². The molecule has 1 amide bonds. The van der Waals surface area contributed by atoms with Crippen LogP contribution >= 0.6 is 11.6 Å². The first kappa shape index (κ1) is 18.6. The van der Waals surface area contributed by atoms with E-state index in [0.717, 1.165) is 67.3 Å². The number of rotatable bonds is 5. The minimum absolute atomic E-state index is 0.120. The summed E-state index contributed by atoms with van der Waals surface area (Å²) in [5.41, 5.74) is 1.65. The van der Waals surface area contributed by atoms with E-state index in [9.17, 15) is 4.79 Å². The lowest BCUT2D eigenvalue weighted by molar-refractivity contribution is -0.132. The molecular formula is C21H24ClN5O2. The number of aromatic amines is 1.